The molecule has 0 amide bonds. The van der Waals surface area contributed by atoms with E-state index < -0.39 is 0 Å². The number of nitrogens with two attached hydrogens (primary N) is 2. The van der Waals surface area contributed by atoms with E-state index in [0.29, 0.717) is 11.4 Å². The summed E-state index contributed by atoms with van der Waals surface area (Å²) in [7, 11) is 0. The fourth-order valence-electron chi connectivity index (χ4n) is 4.73. The zero-order chi connectivity index (χ0) is 22.3. The van der Waals surface area contributed by atoms with Crippen molar-refractivity contribution in [1.82, 2.24) is 0 Å². The highest BCUT2D eigenvalue weighted by Gasteiger charge is 2.18. The SMILES string of the molecule is CCCCCc1ccc(-c2c(C)c(C)cc3c2c(N)c(N)c2cc(C)c(C)cc23)cc1. The lowest BCUT2D eigenvalue weighted by Gasteiger charge is -2.20. The molecule has 0 aliphatic rings. The predicted molar refractivity (Wildman–Crippen MR) is 138 cm³/mol. The quantitative estimate of drug-likeness (QED) is 0.153. The lowest BCUT2D eigenvalue weighted by atomic mass is 9.86. The molecule has 0 aromatic heterocycles. The van der Waals surface area contributed by atoms with Crippen LogP contribution in [-0.4, -0.2) is 0 Å². The number of hydrogen-bond acceptors (Lipinski definition) is 2. The van der Waals surface area contributed by atoms with Crippen molar-refractivity contribution in [3.63, 3.8) is 0 Å². The van der Waals surface area contributed by atoms with Gasteiger partial charge in [0.15, 0.2) is 0 Å². The Morgan fingerprint density at radius 3 is 1.94 bits per heavy atom. The number of unbranched alkanes of at least 4 members (excludes halogenated alkanes) is 2. The van der Waals surface area contributed by atoms with Crippen molar-refractivity contribution >= 4 is 32.9 Å². The van der Waals surface area contributed by atoms with Crippen LogP contribution in [0.25, 0.3) is 32.7 Å². The zero-order valence-corrected chi connectivity index (χ0v) is 19.5. The second kappa shape index (κ2) is 8.26. The van der Waals surface area contributed by atoms with E-state index in [9.17, 15) is 0 Å². The molecule has 0 atom stereocenters. The van der Waals surface area contributed by atoms with Crippen molar-refractivity contribution in [2.75, 3.05) is 11.5 Å². The lowest BCUT2D eigenvalue weighted by molar-refractivity contribution is 0.717. The number of nitrogen functional groups attached to an aromatic ring is 2. The smallest absolute Gasteiger partial charge is 0.0640 e. The molecule has 2 heteroatoms. The van der Waals surface area contributed by atoms with E-state index in [2.05, 4.69) is 77.1 Å². The largest absolute Gasteiger partial charge is 0.397 e. The Labute approximate surface area is 186 Å². The molecule has 4 aromatic carbocycles. The molecule has 0 saturated carbocycles. The van der Waals surface area contributed by atoms with Crippen LogP contribution in [0.3, 0.4) is 0 Å². The average molecular weight is 411 g/mol. The maximum Gasteiger partial charge on any atom is 0.0640 e. The van der Waals surface area contributed by atoms with E-state index in [1.807, 2.05) is 0 Å². The number of rotatable bonds is 5. The van der Waals surface area contributed by atoms with Crippen LogP contribution in [0.15, 0.2) is 42.5 Å². The van der Waals surface area contributed by atoms with Gasteiger partial charge in [0.25, 0.3) is 0 Å². The van der Waals surface area contributed by atoms with E-state index >= 15 is 0 Å². The summed E-state index contributed by atoms with van der Waals surface area (Å²) in [5, 5.41) is 4.50. The summed E-state index contributed by atoms with van der Waals surface area (Å²) in [5.41, 5.74) is 23.6. The molecule has 0 bridgehead atoms. The van der Waals surface area contributed by atoms with Crippen LogP contribution in [0.5, 0.6) is 0 Å². The molecule has 160 valence electrons. The minimum Gasteiger partial charge on any atom is -0.397 e. The molecule has 4 aromatic rings. The van der Waals surface area contributed by atoms with Crippen LogP contribution in [0, 0.1) is 27.7 Å². The third-order valence-electron chi connectivity index (χ3n) is 6.93. The molecular weight excluding hydrogens is 376 g/mol. The Morgan fingerprint density at radius 2 is 1.29 bits per heavy atom. The van der Waals surface area contributed by atoms with Crippen molar-refractivity contribution in [2.24, 2.45) is 0 Å². The topological polar surface area (TPSA) is 52.0 Å². The van der Waals surface area contributed by atoms with Gasteiger partial charge in [-0.25, -0.2) is 0 Å². The summed E-state index contributed by atoms with van der Waals surface area (Å²) in [6, 6.07) is 15.8. The van der Waals surface area contributed by atoms with Gasteiger partial charge in [-0.15, -0.1) is 0 Å². The summed E-state index contributed by atoms with van der Waals surface area (Å²) in [6.45, 7) is 10.9. The Balaban J connectivity index is 1.99. The molecule has 0 aliphatic heterocycles. The maximum absolute atomic E-state index is 6.72. The van der Waals surface area contributed by atoms with Crippen LogP contribution in [0.1, 0.15) is 54.0 Å². The summed E-state index contributed by atoms with van der Waals surface area (Å²) in [5.74, 6) is 0. The molecule has 0 radical (unpaired) electrons. The van der Waals surface area contributed by atoms with Crippen LogP contribution < -0.4 is 11.5 Å². The number of anilines is 2. The van der Waals surface area contributed by atoms with E-state index in [1.54, 1.807) is 0 Å². The number of hydrogen-bond donors (Lipinski definition) is 2. The first kappa shape index (κ1) is 21.2. The maximum atomic E-state index is 6.72. The van der Waals surface area contributed by atoms with Crippen LogP contribution in [0.4, 0.5) is 11.4 Å². The lowest BCUT2D eigenvalue weighted by Crippen LogP contribution is -2.01. The van der Waals surface area contributed by atoms with Gasteiger partial charge in [-0.3, -0.25) is 0 Å². The van der Waals surface area contributed by atoms with Crippen molar-refractivity contribution in [3.8, 4) is 11.1 Å². The molecule has 0 unspecified atom stereocenters. The van der Waals surface area contributed by atoms with Crippen LogP contribution in [0.2, 0.25) is 0 Å². The van der Waals surface area contributed by atoms with Crippen molar-refractivity contribution in [3.05, 3.63) is 70.3 Å². The van der Waals surface area contributed by atoms with Crippen molar-refractivity contribution in [1.29, 1.82) is 0 Å². The van der Waals surface area contributed by atoms with Gasteiger partial charge in [0.2, 0.25) is 0 Å². The van der Waals surface area contributed by atoms with Gasteiger partial charge in [0.1, 0.15) is 0 Å². The highest BCUT2D eigenvalue weighted by molar-refractivity contribution is 6.23. The van der Waals surface area contributed by atoms with E-state index in [-0.39, 0.29) is 0 Å². The summed E-state index contributed by atoms with van der Waals surface area (Å²) in [6.07, 6.45) is 4.92. The van der Waals surface area contributed by atoms with E-state index in [1.165, 1.54) is 69.0 Å². The van der Waals surface area contributed by atoms with Crippen LogP contribution in [-0.2, 0) is 6.42 Å². The normalized spacial score (nSPS) is 11.5. The van der Waals surface area contributed by atoms with Gasteiger partial charge < -0.3 is 11.5 Å². The van der Waals surface area contributed by atoms with Gasteiger partial charge >= 0.3 is 0 Å². The van der Waals surface area contributed by atoms with Crippen molar-refractivity contribution in [2.45, 2.75) is 60.3 Å². The second-order valence-corrected chi connectivity index (χ2v) is 9.08. The first-order chi connectivity index (χ1) is 14.8. The highest BCUT2D eigenvalue weighted by atomic mass is 14.7. The Bertz CT molecular complexity index is 1280. The van der Waals surface area contributed by atoms with Gasteiger partial charge in [0.05, 0.1) is 11.4 Å². The number of fused-ring (bicyclic) bond motifs is 3. The van der Waals surface area contributed by atoms with Gasteiger partial charge in [0, 0.05) is 10.8 Å². The van der Waals surface area contributed by atoms with E-state index in [0.717, 1.165) is 17.2 Å². The zero-order valence-electron chi connectivity index (χ0n) is 19.5. The standard InChI is InChI=1S/C29H34N2/c1-6-7-8-9-21-10-12-22(13-11-21)26-20(5)19(4)16-24-23-14-17(2)18(3)15-25(23)28(30)29(31)27(24)26/h10-16H,6-9,30-31H2,1-5H3. The first-order valence-corrected chi connectivity index (χ1v) is 11.4. The van der Waals surface area contributed by atoms with Gasteiger partial charge in [-0.1, -0.05) is 56.2 Å². The Morgan fingerprint density at radius 1 is 0.677 bits per heavy atom. The monoisotopic (exact) mass is 410 g/mol. The van der Waals surface area contributed by atoms with Gasteiger partial charge in [-0.2, -0.15) is 0 Å². The fraction of sp³-hybridized carbons (Fsp3) is 0.310. The first-order valence-electron chi connectivity index (χ1n) is 11.4. The highest BCUT2D eigenvalue weighted by Crippen LogP contribution is 2.44. The molecule has 2 nitrogen and oxygen atoms in total. The second-order valence-electron chi connectivity index (χ2n) is 9.08. The van der Waals surface area contributed by atoms with Crippen molar-refractivity contribution < 1.29 is 0 Å². The van der Waals surface area contributed by atoms with Gasteiger partial charge in [-0.05, 0) is 96.3 Å². The molecule has 0 fully saturated rings. The molecule has 0 saturated heterocycles. The minimum absolute atomic E-state index is 0.686. The summed E-state index contributed by atoms with van der Waals surface area (Å²) < 4.78 is 0. The molecular formula is C29H34N2. The minimum atomic E-state index is 0.686. The summed E-state index contributed by atoms with van der Waals surface area (Å²) in [4.78, 5) is 0. The third kappa shape index (κ3) is 3.65. The molecule has 0 aliphatic carbocycles. The van der Waals surface area contributed by atoms with E-state index in [4.69, 9.17) is 11.5 Å². The number of aryl methyl sites for hydroxylation is 4. The average Bonchev–Trinajstić information content (AvgIpc) is 2.76. The molecule has 31 heavy (non-hydrogen) atoms. The molecule has 0 heterocycles. The van der Waals surface area contributed by atoms with Crippen LogP contribution >= 0.6 is 0 Å². The predicted octanol–water partition coefficient (Wildman–Crippen LogP) is 7.79. The molecule has 0 spiro atoms. The fourth-order valence-corrected chi connectivity index (χ4v) is 4.73. The Kier molecular flexibility index (Phi) is 5.66. The molecule has 4 N–H and O–H groups in total. The number of benzene rings is 4. The summed E-state index contributed by atoms with van der Waals surface area (Å²) >= 11 is 0. The molecule has 4 rings (SSSR count). The Hall–Kier alpha value is -3.00. The third-order valence-corrected chi connectivity index (χ3v) is 6.93.